The quantitative estimate of drug-likeness (QED) is 0.465. The van der Waals surface area contributed by atoms with Crippen molar-refractivity contribution < 1.29 is 23.9 Å². The second kappa shape index (κ2) is 11.9. The molecule has 0 radical (unpaired) electrons. The van der Waals surface area contributed by atoms with Crippen LogP contribution >= 0.6 is 0 Å². The van der Waals surface area contributed by atoms with E-state index in [1.165, 1.54) is 0 Å². The first kappa shape index (κ1) is 28.7. The summed E-state index contributed by atoms with van der Waals surface area (Å²) < 4.78 is 10.8. The van der Waals surface area contributed by atoms with Crippen molar-refractivity contribution in [3.63, 3.8) is 0 Å². The minimum Gasteiger partial charge on any atom is -0.497 e. The number of urea groups is 1. The first-order chi connectivity index (χ1) is 20.1. The Balaban J connectivity index is 1.25. The highest BCUT2D eigenvalue weighted by molar-refractivity contribution is 6.07. The first-order valence-corrected chi connectivity index (χ1v) is 13.8. The Morgan fingerprint density at radius 2 is 1.67 bits per heavy atom. The highest BCUT2D eigenvalue weighted by Gasteiger charge is 2.32. The van der Waals surface area contributed by atoms with Crippen molar-refractivity contribution >= 4 is 40.9 Å². The van der Waals surface area contributed by atoms with Crippen molar-refractivity contribution in [2.24, 2.45) is 0 Å². The molecule has 2 saturated heterocycles. The number of piperazine rings is 1. The van der Waals surface area contributed by atoms with Crippen molar-refractivity contribution in [3.05, 3.63) is 66.6 Å². The molecular formula is C30H35N7O5. The van der Waals surface area contributed by atoms with Gasteiger partial charge in [0.1, 0.15) is 22.9 Å². The Labute approximate surface area is 244 Å². The molecule has 5 rings (SSSR count). The van der Waals surface area contributed by atoms with Crippen molar-refractivity contribution in [2.45, 2.75) is 26.4 Å². The molecule has 220 valence electrons. The van der Waals surface area contributed by atoms with E-state index in [0.29, 0.717) is 56.5 Å². The molecule has 3 aromatic rings. The summed E-state index contributed by atoms with van der Waals surface area (Å²) in [6.45, 7) is 8.56. The van der Waals surface area contributed by atoms with E-state index in [1.54, 1.807) is 52.4 Å². The molecule has 0 atom stereocenters. The van der Waals surface area contributed by atoms with E-state index in [1.807, 2.05) is 51.1 Å². The minimum absolute atomic E-state index is 0.171. The lowest BCUT2D eigenvalue weighted by Crippen LogP contribution is -2.50. The van der Waals surface area contributed by atoms with E-state index in [9.17, 15) is 14.4 Å². The van der Waals surface area contributed by atoms with Gasteiger partial charge in [0.15, 0.2) is 0 Å². The van der Waals surface area contributed by atoms with E-state index >= 15 is 0 Å². The monoisotopic (exact) mass is 573 g/mol. The molecule has 2 fully saturated rings. The Bertz CT molecular complexity index is 1470. The molecule has 0 aliphatic carbocycles. The number of nitrogens with one attached hydrogen (secondary N) is 1. The fraction of sp³-hybridized carbons (Fsp3) is 0.367. The van der Waals surface area contributed by atoms with Crippen LogP contribution in [0.1, 0.15) is 31.3 Å². The van der Waals surface area contributed by atoms with E-state index < -0.39 is 11.5 Å². The van der Waals surface area contributed by atoms with Crippen LogP contribution in [0.2, 0.25) is 0 Å². The molecule has 4 amide bonds. The van der Waals surface area contributed by atoms with Gasteiger partial charge in [0.25, 0.3) is 5.91 Å². The van der Waals surface area contributed by atoms with Crippen LogP contribution in [-0.4, -0.2) is 84.9 Å². The van der Waals surface area contributed by atoms with Crippen LogP contribution in [0.25, 0.3) is 0 Å². The van der Waals surface area contributed by atoms with E-state index in [2.05, 4.69) is 20.2 Å². The van der Waals surface area contributed by atoms with Crippen LogP contribution in [-0.2, 0) is 4.74 Å². The van der Waals surface area contributed by atoms with Gasteiger partial charge in [-0.15, -0.1) is 0 Å². The van der Waals surface area contributed by atoms with E-state index in [4.69, 9.17) is 9.47 Å². The molecule has 0 saturated carbocycles. The Morgan fingerprint density at radius 3 is 2.40 bits per heavy atom. The topological polar surface area (TPSA) is 120 Å². The molecule has 12 nitrogen and oxygen atoms in total. The molecule has 0 unspecified atom stereocenters. The largest absolute Gasteiger partial charge is 0.497 e. The van der Waals surface area contributed by atoms with Gasteiger partial charge in [-0.3, -0.25) is 19.6 Å². The normalized spacial score (nSPS) is 15.6. The molecule has 2 aliphatic heterocycles. The summed E-state index contributed by atoms with van der Waals surface area (Å²) in [5.41, 5.74) is 1.67. The number of benzene rings is 1. The molecule has 2 aromatic heterocycles. The molecule has 1 N–H and O–H groups in total. The minimum atomic E-state index is -0.556. The standard InChI is InChI=1S/C30H35N7O5/c1-30(2,3)42-29(40)35-15-13-34(14-16-35)25-11-12-31-20-24(25)33-27(38)23-9-6-10-26(32-23)37-18-17-36(28(37)39)21-7-5-8-22(19-21)41-4/h5-12,19-20H,13-18H2,1-4H3,(H,33,38). The van der Waals surface area contributed by atoms with Gasteiger partial charge in [-0.05, 0) is 51.1 Å². The van der Waals surface area contributed by atoms with Crippen LogP contribution in [0.15, 0.2) is 60.9 Å². The summed E-state index contributed by atoms with van der Waals surface area (Å²) in [4.78, 5) is 54.7. The number of carbonyl (C=O) groups is 3. The number of methoxy groups -OCH3 is 1. The van der Waals surface area contributed by atoms with Crippen molar-refractivity contribution in [1.82, 2.24) is 14.9 Å². The maximum atomic E-state index is 13.3. The van der Waals surface area contributed by atoms with E-state index in [-0.39, 0.29) is 17.8 Å². The third-order valence-corrected chi connectivity index (χ3v) is 6.94. The van der Waals surface area contributed by atoms with Crippen LogP contribution in [0.3, 0.4) is 0 Å². The molecule has 42 heavy (non-hydrogen) atoms. The van der Waals surface area contributed by atoms with E-state index in [0.717, 1.165) is 11.4 Å². The van der Waals surface area contributed by atoms with Gasteiger partial charge in [-0.25, -0.2) is 14.6 Å². The number of pyridine rings is 2. The molecule has 2 aliphatic rings. The Morgan fingerprint density at radius 1 is 0.929 bits per heavy atom. The Hall–Kier alpha value is -4.87. The van der Waals surface area contributed by atoms with Crippen LogP contribution in [0, 0.1) is 0 Å². The smallest absolute Gasteiger partial charge is 0.410 e. The fourth-order valence-electron chi connectivity index (χ4n) is 4.87. The zero-order valence-corrected chi connectivity index (χ0v) is 24.2. The van der Waals surface area contributed by atoms with Gasteiger partial charge in [0.05, 0.1) is 24.7 Å². The second-order valence-electron chi connectivity index (χ2n) is 11.0. The lowest BCUT2D eigenvalue weighted by Gasteiger charge is -2.37. The number of anilines is 4. The predicted octanol–water partition coefficient (Wildman–Crippen LogP) is 4.24. The van der Waals surface area contributed by atoms with Crippen molar-refractivity contribution in [2.75, 3.05) is 66.4 Å². The van der Waals surface area contributed by atoms with Gasteiger partial charge in [0, 0.05) is 57.2 Å². The van der Waals surface area contributed by atoms with Gasteiger partial charge in [-0.2, -0.15) is 0 Å². The number of nitrogens with zero attached hydrogens (tertiary/aromatic N) is 6. The SMILES string of the molecule is COc1cccc(N2CCN(c3cccc(C(=O)Nc4cnccc4N4CCN(C(=O)OC(C)(C)C)CC4)n3)C2=O)c1. The van der Waals surface area contributed by atoms with Gasteiger partial charge >= 0.3 is 12.1 Å². The maximum Gasteiger partial charge on any atom is 0.410 e. The van der Waals surface area contributed by atoms with Gasteiger partial charge < -0.3 is 24.6 Å². The number of aromatic nitrogens is 2. The third-order valence-electron chi connectivity index (χ3n) is 6.94. The Kier molecular flexibility index (Phi) is 8.14. The van der Waals surface area contributed by atoms with Crippen molar-refractivity contribution in [1.29, 1.82) is 0 Å². The highest BCUT2D eigenvalue weighted by Crippen LogP contribution is 2.29. The van der Waals surface area contributed by atoms with Gasteiger partial charge in [-0.1, -0.05) is 12.1 Å². The van der Waals surface area contributed by atoms with Crippen LogP contribution in [0.5, 0.6) is 5.75 Å². The van der Waals surface area contributed by atoms with Crippen molar-refractivity contribution in [3.8, 4) is 5.75 Å². The maximum absolute atomic E-state index is 13.3. The fourth-order valence-corrected chi connectivity index (χ4v) is 4.87. The molecule has 12 heteroatoms. The molecular weight excluding hydrogens is 538 g/mol. The second-order valence-corrected chi connectivity index (χ2v) is 11.0. The molecule has 0 spiro atoms. The average molecular weight is 574 g/mol. The molecule has 1 aromatic carbocycles. The zero-order chi connectivity index (χ0) is 29.9. The lowest BCUT2D eigenvalue weighted by atomic mass is 10.2. The number of hydrogen-bond acceptors (Lipinski definition) is 8. The predicted molar refractivity (Wildman–Crippen MR) is 160 cm³/mol. The third kappa shape index (κ3) is 6.37. The summed E-state index contributed by atoms with van der Waals surface area (Å²) in [6, 6.07) is 13.9. The number of hydrogen-bond donors (Lipinski definition) is 1. The number of amides is 4. The lowest BCUT2D eigenvalue weighted by molar-refractivity contribution is 0.0240. The highest BCUT2D eigenvalue weighted by atomic mass is 16.6. The summed E-state index contributed by atoms with van der Waals surface area (Å²) in [5, 5.41) is 2.93. The summed E-state index contributed by atoms with van der Waals surface area (Å²) in [5.74, 6) is 0.632. The molecule has 4 heterocycles. The summed E-state index contributed by atoms with van der Waals surface area (Å²) in [6.07, 6.45) is 2.92. The summed E-state index contributed by atoms with van der Waals surface area (Å²) >= 11 is 0. The molecule has 0 bridgehead atoms. The van der Waals surface area contributed by atoms with Gasteiger partial charge in [0.2, 0.25) is 0 Å². The van der Waals surface area contributed by atoms with Crippen LogP contribution < -0.4 is 24.8 Å². The summed E-state index contributed by atoms with van der Waals surface area (Å²) in [7, 11) is 1.58. The van der Waals surface area contributed by atoms with Crippen LogP contribution in [0.4, 0.5) is 32.5 Å². The zero-order valence-electron chi connectivity index (χ0n) is 24.2. The number of carbonyl (C=O) groups excluding carboxylic acids is 3. The first-order valence-electron chi connectivity index (χ1n) is 13.8. The average Bonchev–Trinajstić information content (AvgIpc) is 3.38. The number of ether oxygens (including phenoxy) is 2. The number of rotatable bonds is 6.